The average Bonchev–Trinajstić information content (AvgIpc) is 2.47. The number of hydrogen-bond acceptors (Lipinski definition) is 4. The number of hydrogen-bond donors (Lipinski definition) is 1. The highest BCUT2D eigenvalue weighted by atomic mass is 16.2. The van der Waals surface area contributed by atoms with E-state index in [1.54, 1.807) is 0 Å². The van der Waals surface area contributed by atoms with Gasteiger partial charge in [-0.05, 0) is 45.7 Å². The van der Waals surface area contributed by atoms with E-state index in [1.165, 1.54) is 0 Å². The van der Waals surface area contributed by atoms with Crippen LogP contribution in [0, 0.1) is 13.8 Å². The summed E-state index contributed by atoms with van der Waals surface area (Å²) >= 11 is 0. The molecule has 0 saturated carbocycles. The maximum Gasteiger partial charge on any atom is 0.256 e. The summed E-state index contributed by atoms with van der Waals surface area (Å²) in [6, 6.07) is 2.15. The highest BCUT2D eigenvalue weighted by molar-refractivity contribution is 5.95. The minimum absolute atomic E-state index is 0.0936. The van der Waals surface area contributed by atoms with Gasteiger partial charge < -0.3 is 10.2 Å². The van der Waals surface area contributed by atoms with Gasteiger partial charge in [-0.1, -0.05) is 6.92 Å². The molecule has 1 unspecified atom stereocenters. The Bertz CT molecular complexity index is 469. The highest BCUT2D eigenvalue weighted by Gasteiger charge is 2.26. The van der Waals surface area contributed by atoms with Crippen LogP contribution in [0.1, 0.15) is 47.9 Å². The summed E-state index contributed by atoms with van der Waals surface area (Å²) < 4.78 is 0. The zero-order chi connectivity index (χ0) is 14.5. The third-order valence-corrected chi connectivity index (χ3v) is 3.77. The summed E-state index contributed by atoms with van der Waals surface area (Å²) in [7, 11) is 0. The summed E-state index contributed by atoms with van der Waals surface area (Å²) in [6.45, 7) is 8.58. The van der Waals surface area contributed by atoms with Gasteiger partial charge in [0.25, 0.3) is 5.91 Å². The molecular weight excluding hydrogens is 252 g/mol. The maximum absolute atomic E-state index is 12.8. The number of carbonyl (C=O) groups is 1. The van der Waals surface area contributed by atoms with E-state index in [2.05, 4.69) is 22.4 Å². The molecule has 1 amide bonds. The van der Waals surface area contributed by atoms with Gasteiger partial charge >= 0.3 is 0 Å². The molecule has 1 aromatic rings. The van der Waals surface area contributed by atoms with Crippen LogP contribution in [0.25, 0.3) is 0 Å². The van der Waals surface area contributed by atoms with Crippen LogP contribution in [0.3, 0.4) is 0 Å². The molecule has 0 bridgehead atoms. The predicted octanol–water partition coefficient (Wildman–Crippen LogP) is 1.70. The molecule has 1 aliphatic heterocycles. The second-order valence-corrected chi connectivity index (χ2v) is 5.48. The molecular formula is C15H24N4O. The molecule has 20 heavy (non-hydrogen) atoms. The number of aromatic nitrogens is 2. The first-order valence-corrected chi connectivity index (χ1v) is 7.46. The molecule has 5 heteroatoms. The topological polar surface area (TPSA) is 58.1 Å². The lowest BCUT2D eigenvalue weighted by atomic mass is 10.0. The van der Waals surface area contributed by atoms with Crippen LogP contribution in [-0.2, 0) is 0 Å². The van der Waals surface area contributed by atoms with Gasteiger partial charge in [0.2, 0.25) is 0 Å². The van der Waals surface area contributed by atoms with Crippen LogP contribution < -0.4 is 5.32 Å². The minimum atomic E-state index is 0.0936. The van der Waals surface area contributed by atoms with Crippen molar-refractivity contribution in [2.24, 2.45) is 0 Å². The molecule has 0 spiro atoms. The summed E-state index contributed by atoms with van der Waals surface area (Å²) in [5, 5.41) is 11.5. The molecule has 1 aromatic heterocycles. The summed E-state index contributed by atoms with van der Waals surface area (Å²) in [6.07, 6.45) is 3.18. The molecule has 1 saturated heterocycles. The Kier molecular flexibility index (Phi) is 5.06. The lowest BCUT2D eigenvalue weighted by Gasteiger charge is -2.34. The Morgan fingerprint density at radius 2 is 2.25 bits per heavy atom. The fraction of sp³-hybridized carbons (Fsp3) is 0.667. The van der Waals surface area contributed by atoms with Crippen LogP contribution in [-0.4, -0.2) is 46.7 Å². The quantitative estimate of drug-likeness (QED) is 0.909. The molecule has 2 rings (SSSR count). The molecule has 0 aromatic carbocycles. The second kappa shape index (κ2) is 6.79. The average molecular weight is 276 g/mol. The van der Waals surface area contributed by atoms with E-state index >= 15 is 0 Å². The van der Waals surface area contributed by atoms with Crippen molar-refractivity contribution in [3.05, 3.63) is 23.0 Å². The van der Waals surface area contributed by atoms with Crippen molar-refractivity contribution in [3.8, 4) is 0 Å². The third-order valence-electron chi connectivity index (χ3n) is 3.77. The van der Waals surface area contributed by atoms with E-state index in [-0.39, 0.29) is 5.91 Å². The van der Waals surface area contributed by atoms with Crippen molar-refractivity contribution >= 4 is 5.91 Å². The van der Waals surface area contributed by atoms with Crippen LogP contribution in [0.4, 0.5) is 0 Å². The maximum atomic E-state index is 12.8. The number of carbonyl (C=O) groups excluding carboxylic acids is 1. The van der Waals surface area contributed by atoms with Crippen LogP contribution in [0.2, 0.25) is 0 Å². The van der Waals surface area contributed by atoms with Crippen molar-refractivity contribution in [1.82, 2.24) is 20.4 Å². The fourth-order valence-electron chi connectivity index (χ4n) is 2.71. The summed E-state index contributed by atoms with van der Waals surface area (Å²) in [4.78, 5) is 14.8. The van der Waals surface area contributed by atoms with E-state index in [9.17, 15) is 4.79 Å². The summed E-state index contributed by atoms with van der Waals surface area (Å²) in [5.74, 6) is 0.0936. The number of nitrogens with one attached hydrogen (secondary N) is 1. The van der Waals surface area contributed by atoms with Gasteiger partial charge in [-0.15, -0.1) is 0 Å². The lowest BCUT2D eigenvalue weighted by molar-refractivity contribution is 0.0647. The SMILES string of the molecule is CCCN(C(=O)c1cc(C)nnc1C)C1CCCNC1. The Morgan fingerprint density at radius 1 is 1.45 bits per heavy atom. The van der Waals surface area contributed by atoms with Gasteiger partial charge in [-0.2, -0.15) is 10.2 Å². The van der Waals surface area contributed by atoms with E-state index in [4.69, 9.17) is 0 Å². The van der Waals surface area contributed by atoms with Gasteiger partial charge in [0.15, 0.2) is 0 Å². The predicted molar refractivity (Wildman–Crippen MR) is 78.7 cm³/mol. The molecule has 1 fully saturated rings. The van der Waals surface area contributed by atoms with E-state index in [1.807, 2.05) is 24.8 Å². The Morgan fingerprint density at radius 3 is 2.90 bits per heavy atom. The highest BCUT2D eigenvalue weighted by Crippen LogP contribution is 2.16. The molecule has 2 heterocycles. The monoisotopic (exact) mass is 276 g/mol. The van der Waals surface area contributed by atoms with Crippen molar-refractivity contribution in [1.29, 1.82) is 0 Å². The Hall–Kier alpha value is -1.49. The zero-order valence-electron chi connectivity index (χ0n) is 12.6. The molecule has 110 valence electrons. The fourth-order valence-corrected chi connectivity index (χ4v) is 2.71. The molecule has 5 nitrogen and oxygen atoms in total. The van der Waals surface area contributed by atoms with Gasteiger partial charge in [0.1, 0.15) is 0 Å². The normalized spacial score (nSPS) is 18.9. The van der Waals surface area contributed by atoms with E-state index < -0.39 is 0 Å². The van der Waals surface area contributed by atoms with Gasteiger partial charge in [0.05, 0.1) is 17.0 Å². The lowest BCUT2D eigenvalue weighted by Crippen LogP contribution is -2.49. The molecule has 1 aliphatic rings. The molecule has 0 radical (unpaired) electrons. The van der Waals surface area contributed by atoms with Gasteiger partial charge in [-0.3, -0.25) is 4.79 Å². The molecule has 1 N–H and O–H groups in total. The number of rotatable bonds is 4. The Labute approximate surface area is 120 Å². The van der Waals surface area contributed by atoms with Gasteiger partial charge in [0, 0.05) is 19.1 Å². The van der Waals surface area contributed by atoms with Crippen molar-refractivity contribution < 1.29 is 4.79 Å². The number of nitrogens with zero attached hydrogens (tertiary/aromatic N) is 3. The number of piperidine rings is 1. The first kappa shape index (κ1) is 14.9. The smallest absolute Gasteiger partial charge is 0.256 e. The first-order valence-electron chi connectivity index (χ1n) is 7.46. The van der Waals surface area contributed by atoms with Crippen LogP contribution in [0.15, 0.2) is 6.07 Å². The van der Waals surface area contributed by atoms with Crippen LogP contribution >= 0.6 is 0 Å². The van der Waals surface area contributed by atoms with Gasteiger partial charge in [-0.25, -0.2) is 0 Å². The van der Waals surface area contributed by atoms with Crippen molar-refractivity contribution in [3.63, 3.8) is 0 Å². The second-order valence-electron chi connectivity index (χ2n) is 5.48. The third kappa shape index (κ3) is 3.33. The van der Waals surface area contributed by atoms with Crippen LogP contribution in [0.5, 0.6) is 0 Å². The summed E-state index contributed by atoms with van der Waals surface area (Å²) in [5.41, 5.74) is 2.19. The molecule has 0 aliphatic carbocycles. The Balaban J connectivity index is 2.23. The zero-order valence-corrected chi connectivity index (χ0v) is 12.6. The number of aryl methyl sites for hydroxylation is 2. The van der Waals surface area contributed by atoms with Crippen molar-refractivity contribution in [2.45, 2.75) is 46.1 Å². The van der Waals surface area contributed by atoms with Crippen molar-refractivity contribution in [2.75, 3.05) is 19.6 Å². The number of amides is 1. The molecule has 1 atom stereocenters. The largest absolute Gasteiger partial charge is 0.334 e. The minimum Gasteiger partial charge on any atom is -0.334 e. The van der Waals surface area contributed by atoms with E-state index in [0.717, 1.165) is 44.6 Å². The standard InChI is InChI=1S/C15H24N4O/c1-4-8-19(13-6-5-7-16-10-13)15(20)14-9-11(2)17-18-12(14)3/h9,13,16H,4-8,10H2,1-3H3. The first-order chi connectivity index (χ1) is 9.63. The van der Waals surface area contributed by atoms with E-state index in [0.29, 0.717) is 17.3 Å².